The van der Waals surface area contributed by atoms with Gasteiger partial charge in [0.05, 0.1) is 50.2 Å². The highest BCUT2D eigenvalue weighted by atomic mass is 16.8. The Kier molecular flexibility index (Phi) is 18.4. The number of rotatable bonds is 15. The molecule has 460 valence electrons. The molecule has 81 heavy (non-hydrogen) atoms. The van der Waals surface area contributed by atoms with Crippen LogP contribution in [0.1, 0.15) is 108 Å². The zero-order valence-electron chi connectivity index (χ0n) is 47.8. The largest absolute Gasteiger partial charge is 0.479 e. The molecule has 3 aliphatic heterocycles. The standard InChI is InChI=1S/C57H88O24/c1-11-24(3)47(72)80-44-45(81-48(73)25(4)12-2)57(23-61)27(19-52(44,5)6)26-13-14-31-53(7)17-16-32(54(8,22-60)30(53)15-18-55(31,9)56(26,10)42(68)43(57)69)76-51-41(79-50-37(66)35(64)33(62)28(20-58)74-50)39(38(67)40(78-51)46(70)71)77-49-36(65)34(63)29(21-59)75-49/h11-13,27-45,49-51,58-69H,14-23H2,1-10H3,(H,70,71)/b24-11-,25-12-/t27?,28?,29-,30?,31?,32+,33+,34+,35+,36?,37?,38-,39+,40?,41?,42+,43-,44+,45+,49+,50+,51-,53+,54+,55-,56+,57+/m1/s1. The van der Waals surface area contributed by atoms with Gasteiger partial charge in [-0.1, -0.05) is 65.3 Å². The van der Waals surface area contributed by atoms with Crippen molar-refractivity contribution in [3.05, 3.63) is 34.9 Å². The molecular weight excluding hydrogens is 1070 g/mol. The van der Waals surface area contributed by atoms with Crippen LogP contribution in [0.4, 0.5) is 0 Å². The average Bonchev–Trinajstić information content (AvgIpc) is 1.99. The summed E-state index contributed by atoms with van der Waals surface area (Å²) in [5, 5.41) is 146. The second kappa shape index (κ2) is 23.3. The van der Waals surface area contributed by atoms with E-state index in [1.54, 1.807) is 39.8 Å². The lowest BCUT2D eigenvalue weighted by Crippen LogP contribution is -2.76. The second-order valence-electron chi connectivity index (χ2n) is 25.9. The minimum absolute atomic E-state index is 0.165. The fourth-order valence-electron chi connectivity index (χ4n) is 16.2. The Bertz CT molecular complexity index is 2410. The molecule has 27 atom stereocenters. The maximum atomic E-state index is 13.9. The van der Waals surface area contributed by atoms with E-state index in [0.717, 1.165) is 5.57 Å². The normalized spacial score (nSPS) is 49.8. The number of aliphatic carboxylic acids is 1. The van der Waals surface area contributed by atoms with E-state index in [9.17, 15) is 80.8 Å². The first-order valence-electron chi connectivity index (χ1n) is 28.3. The van der Waals surface area contributed by atoms with Crippen LogP contribution in [0.2, 0.25) is 0 Å². The summed E-state index contributed by atoms with van der Waals surface area (Å²) in [5.74, 6) is -4.48. The molecule has 13 N–H and O–H groups in total. The first-order chi connectivity index (χ1) is 37.9. The predicted molar refractivity (Wildman–Crippen MR) is 278 cm³/mol. The number of esters is 2. The van der Waals surface area contributed by atoms with Gasteiger partial charge in [0.1, 0.15) is 67.1 Å². The van der Waals surface area contributed by atoms with Crippen molar-refractivity contribution in [2.45, 2.75) is 224 Å². The molecule has 8 rings (SSSR count). The lowest BCUT2D eigenvalue weighted by molar-refractivity contribution is -0.387. The maximum Gasteiger partial charge on any atom is 0.335 e. The zero-order chi connectivity index (χ0) is 60.0. The van der Waals surface area contributed by atoms with Crippen molar-refractivity contribution in [1.29, 1.82) is 0 Å². The molecule has 8 aliphatic rings. The Hall–Kier alpha value is -3.09. The minimum atomic E-state index is -2.18. The minimum Gasteiger partial charge on any atom is -0.479 e. The molecule has 0 radical (unpaired) electrons. The molecule has 0 aromatic rings. The number of hydrogen-bond acceptors (Lipinski definition) is 23. The van der Waals surface area contributed by atoms with Crippen LogP contribution >= 0.6 is 0 Å². The second-order valence-corrected chi connectivity index (χ2v) is 25.9. The van der Waals surface area contributed by atoms with E-state index in [-0.39, 0.29) is 24.3 Å². The van der Waals surface area contributed by atoms with E-state index >= 15 is 0 Å². The van der Waals surface area contributed by atoms with E-state index < -0.39 is 205 Å². The van der Waals surface area contributed by atoms with Gasteiger partial charge in [0, 0.05) is 27.4 Å². The quantitative estimate of drug-likeness (QED) is 0.0415. The fraction of sp³-hybridized carbons (Fsp3) is 0.842. The molecule has 0 aromatic heterocycles. The molecule has 0 spiro atoms. The van der Waals surface area contributed by atoms with E-state index in [1.807, 2.05) is 27.7 Å². The van der Waals surface area contributed by atoms with E-state index in [4.69, 9.17) is 37.9 Å². The Morgan fingerprint density at radius 2 is 1.17 bits per heavy atom. The Morgan fingerprint density at radius 1 is 0.630 bits per heavy atom. The van der Waals surface area contributed by atoms with Crippen LogP contribution in [-0.4, -0.2) is 227 Å². The van der Waals surface area contributed by atoms with Gasteiger partial charge >= 0.3 is 17.9 Å². The van der Waals surface area contributed by atoms with Crippen LogP contribution in [-0.2, 0) is 52.3 Å². The predicted octanol–water partition coefficient (Wildman–Crippen LogP) is -0.765. The van der Waals surface area contributed by atoms with E-state index in [1.165, 1.54) is 0 Å². The monoisotopic (exact) mass is 1160 g/mol. The summed E-state index contributed by atoms with van der Waals surface area (Å²) in [6, 6.07) is 0. The molecule has 24 nitrogen and oxygen atoms in total. The van der Waals surface area contributed by atoms with Crippen molar-refractivity contribution in [3.63, 3.8) is 0 Å². The average molecular weight is 1160 g/mol. The number of aliphatic hydroxyl groups is 12. The lowest BCUT2D eigenvalue weighted by Gasteiger charge is -2.73. The van der Waals surface area contributed by atoms with Crippen molar-refractivity contribution in [2.24, 2.45) is 50.2 Å². The van der Waals surface area contributed by atoms with Crippen molar-refractivity contribution in [1.82, 2.24) is 0 Å². The molecule has 7 fully saturated rings. The summed E-state index contributed by atoms with van der Waals surface area (Å²) in [6.07, 6.45) is -25.7. The number of ether oxygens (including phenoxy) is 8. The molecule has 3 heterocycles. The molecule has 5 aliphatic carbocycles. The number of carboxylic acids is 1. The molecule has 0 aromatic carbocycles. The lowest BCUT2D eigenvalue weighted by atomic mass is 9.32. The molecule has 0 bridgehead atoms. The zero-order valence-corrected chi connectivity index (χ0v) is 47.8. The van der Waals surface area contributed by atoms with Gasteiger partial charge in [-0.05, 0) is 94.8 Å². The van der Waals surface area contributed by atoms with Crippen molar-refractivity contribution < 1.29 is 119 Å². The van der Waals surface area contributed by atoms with Gasteiger partial charge in [-0.2, -0.15) is 0 Å². The maximum absolute atomic E-state index is 13.9. The summed E-state index contributed by atoms with van der Waals surface area (Å²) in [5.41, 5.74) is -5.25. The van der Waals surface area contributed by atoms with Gasteiger partial charge in [-0.3, -0.25) is 0 Å². The third-order valence-electron chi connectivity index (χ3n) is 21.5. The topological polar surface area (TPSA) is 388 Å². The third kappa shape index (κ3) is 9.98. The van der Waals surface area contributed by atoms with Crippen LogP contribution in [0.25, 0.3) is 0 Å². The summed E-state index contributed by atoms with van der Waals surface area (Å²) in [7, 11) is 0. The summed E-state index contributed by atoms with van der Waals surface area (Å²) >= 11 is 0. The van der Waals surface area contributed by atoms with Crippen LogP contribution in [0.15, 0.2) is 34.9 Å². The highest BCUT2D eigenvalue weighted by Crippen LogP contribution is 2.76. The van der Waals surface area contributed by atoms with Crippen LogP contribution in [0, 0.1) is 50.2 Å². The third-order valence-corrected chi connectivity index (χ3v) is 21.5. The van der Waals surface area contributed by atoms with Crippen LogP contribution < -0.4 is 0 Å². The summed E-state index contributed by atoms with van der Waals surface area (Å²) in [4.78, 5) is 40.4. The van der Waals surface area contributed by atoms with Gasteiger partial charge in [0.15, 0.2) is 31.1 Å². The SMILES string of the molecule is C/C=C(/C)C(=O)O[C@H]1[C@H](OC(=O)/C(C)=C\C)[C@@]2(CO)C(CC1(C)C)C1=CCC3[C@@]4(C)CC[C@H](O[C@@H]5OC(C(=O)O)[C@H](O)[C@H](O[C@@H]6O[C@H](CO)[C@H](O)C6O)C5O[C@@H]5OC(CO)[C@H](O)[C@H](O)C5O)[C@@](C)(CO)C4CC[C@@]3(C)[C@]1(C)[C@@H](O)[C@H]2O. The van der Waals surface area contributed by atoms with Crippen LogP contribution in [0.5, 0.6) is 0 Å². The molecule has 3 saturated heterocycles. The first-order valence-corrected chi connectivity index (χ1v) is 28.3. The number of hydrogen-bond donors (Lipinski definition) is 13. The molecule has 4 saturated carbocycles. The molecular formula is C57H88O24. The smallest absolute Gasteiger partial charge is 0.335 e. The van der Waals surface area contributed by atoms with Crippen LogP contribution in [0.3, 0.4) is 0 Å². The Labute approximate surface area is 471 Å². The van der Waals surface area contributed by atoms with Gasteiger partial charge in [0.2, 0.25) is 0 Å². The Balaban J connectivity index is 1.15. The number of carbonyl (C=O) groups is 3. The Morgan fingerprint density at radius 3 is 1.70 bits per heavy atom. The van der Waals surface area contributed by atoms with Gasteiger partial charge in [-0.15, -0.1) is 0 Å². The van der Waals surface area contributed by atoms with Gasteiger partial charge in [-0.25, -0.2) is 14.4 Å². The number of aliphatic hydroxyl groups excluding tert-OH is 12. The van der Waals surface area contributed by atoms with Crippen molar-refractivity contribution in [3.8, 4) is 0 Å². The summed E-state index contributed by atoms with van der Waals surface area (Å²) < 4.78 is 48.8. The highest BCUT2D eigenvalue weighted by Gasteiger charge is 2.77. The number of allylic oxidation sites excluding steroid dienone is 3. The van der Waals surface area contributed by atoms with E-state index in [0.29, 0.717) is 31.3 Å². The van der Waals surface area contributed by atoms with Gasteiger partial charge < -0.3 is 104 Å². The fourth-order valence-corrected chi connectivity index (χ4v) is 16.2. The number of fused-ring (bicyclic) bond motifs is 7. The molecule has 24 heteroatoms. The highest BCUT2D eigenvalue weighted by molar-refractivity contribution is 5.89. The number of carbonyl (C=O) groups excluding carboxylic acids is 2. The van der Waals surface area contributed by atoms with Crippen molar-refractivity contribution >= 4 is 17.9 Å². The summed E-state index contributed by atoms with van der Waals surface area (Å²) in [6.45, 7) is 15.3. The van der Waals surface area contributed by atoms with Gasteiger partial charge in [0.25, 0.3) is 0 Å². The number of carboxylic acid groups (broad SMARTS) is 1. The molecule has 0 amide bonds. The van der Waals surface area contributed by atoms with E-state index in [2.05, 4.69) is 19.9 Å². The first kappa shape index (κ1) is 63.9. The van der Waals surface area contributed by atoms with Crippen molar-refractivity contribution in [2.75, 3.05) is 26.4 Å². The molecule has 8 unspecified atom stereocenters.